The van der Waals surface area contributed by atoms with E-state index in [1.165, 1.54) is 0 Å². The van der Waals surface area contributed by atoms with Crippen LogP contribution in [-0.4, -0.2) is 9.97 Å². The van der Waals surface area contributed by atoms with Gasteiger partial charge in [-0.25, -0.2) is 4.98 Å². The number of nitrogens with two attached hydrogens (primary N) is 1. The van der Waals surface area contributed by atoms with Crippen molar-refractivity contribution in [3.05, 3.63) is 47.1 Å². The predicted octanol–water partition coefficient (Wildman–Crippen LogP) is 3.13. The average molecular weight is 255 g/mol. The third-order valence-corrected chi connectivity index (χ3v) is 4.16. The summed E-state index contributed by atoms with van der Waals surface area (Å²) in [6.07, 6.45) is 1.81. The molecule has 4 heteroatoms. The highest BCUT2D eigenvalue weighted by molar-refractivity contribution is 7.15. The highest BCUT2D eigenvalue weighted by atomic mass is 32.1. The summed E-state index contributed by atoms with van der Waals surface area (Å²) < 4.78 is 0. The Hall–Kier alpha value is -1.78. The Kier molecular flexibility index (Phi) is 2.81. The summed E-state index contributed by atoms with van der Waals surface area (Å²) in [6.45, 7) is 2.56. The number of aryl methyl sites for hydroxylation is 1. The second-order valence-electron chi connectivity index (χ2n) is 4.14. The largest absolute Gasteiger partial charge is 0.326 e. The van der Waals surface area contributed by atoms with Gasteiger partial charge in [0, 0.05) is 28.6 Å². The van der Waals surface area contributed by atoms with E-state index in [1.54, 1.807) is 11.3 Å². The van der Waals surface area contributed by atoms with Gasteiger partial charge < -0.3 is 5.73 Å². The number of hydrogen-bond acceptors (Lipinski definition) is 4. The zero-order chi connectivity index (χ0) is 12.5. The van der Waals surface area contributed by atoms with E-state index in [0.29, 0.717) is 6.54 Å². The van der Waals surface area contributed by atoms with Gasteiger partial charge in [-0.3, -0.25) is 4.98 Å². The lowest BCUT2D eigenvalue weighted by Crippen LogP contribution is -1.94. The molecule has 0 fully saturated rings. The minimum Gasteiger partial charge on any atom is -0.326 e. The third kappa shape index (κ3) is 1.89. The first kappa shape index (κ1) is 11.3. The summed E-state index contributed by atoms with van der Waals surface area (Å²) in [6, 6.07) is 10.2. The molecule has 3 rings (SSSR count). The molecule has 2 aromatic heterocycles. The van der Waals surface area contributed by atoms with Gasteiger partial charge in [0.15, 0.2) is 0 Å². The molecule has 0 aliphatic rings. The minimum atomic E-state index is 0.554. The lowest BCUT2D eigenvalue weighted by Gasteiger charge is -1.99. The molecule has 0 radical (unpaired) electrons. The molecule has 3 aromatic rings. The van der Waals surface area contributed by atoms with E-state index in [1.807, 2.05) is 25.3 Å². The molecule has 18 heavy (non-hydrogen) atoms. The van der Waals surface area contributed by atoms with Gasteiger partial charge in [0.1, 0.15) is 5.01 Å². The molecule has 0 amide bonds. The average Bonchev–Trinajstić information content (AvgIpc) is 2.79. The third-order valence-electron chi connectivity index (χ3n) is 2.93. The van der Waals surface area contributed by atoms with Crippen LogP contribution in [0.15, 0.2) is 36.5 Å². The number of hydrogen-bond donors (Lipinski definition) is 1. The molecule has 2 heterocycles. The van der Waals surface area contributed by atoms with Crippen molar-refractivity contribution in [3.8, 4) is 10.6 Å². The second kappa shape index (κ2) is 4.48. The molecule has 0 aliphatic heterocycles. The molecule has 0 bridgehead atoms. The van der Waals surface area contributed by atoms with Gasteiger partial charge >= 0.3 is 0 Å². The summed E-state index contributed by atoms with van der Waals surface area (Å²) in [4.78, 5) is 10.0. The fourth-order valence-corrected chi connectivity index (χ4v) is 2.89. The fraction of sp³-hybridized carbons (Fsp3) is 0.143. The number of rotatable bonds is 2. The number of nitrogens with zero attached hydrogens (tertiary/aromatic N) is 2. The fourth-order valence-electron chi connectivity index (χ4n) is 1.95. The van der Waals surface area contributed by atoms with E-state index in [9.17, 15) is 0 Å². The Bertz CT molecular complexity index is 703. The molecular formula is C14H13N3S. The smallest absolute Gasteiger partial charge is 0.123 e. The number of benzene rings is 1. The zero-order valence-corrected chi connectivity index (χ0v) is 10.9. The van der Waals surface area contributed by atoms with Gasteiger partial charge in [-0.15, -0.1) is 11.3 Å². The predicted molar refractivity (Wildman–Crippen MR) is 75.5 cm³/mol. The van der Waals surface area contributed by atoms with Crippen molar-refractivity contribution in [3.63, 3.8) is 0 Å². The molecular weight excluding hydrogens is 242 g/mol. The van der Waals surface area contributed by atoms with Gasteiger partial charge in [0.2, 0.25) is 0 Å². The molecule has 3 nitrogen and oxygen atoms in total. The highest BCUT2D eigenvalue weighted by Gasteiger charge is 2.08. The maximum Gasteiger partial charge on any atom is 0.123 e. The van der Waals surface area contributed by atoms with Gasteiger partial charge in [0.25, 0.3) is 0 Å². The van der Waals surface area contributed by atoms with Crippen molar-refractivity contribution < 1.29 is 0 Å². The standard InChI is InChI=1S/C14H13N3S/c1-9-13(8-15)18-14(17-9)11-4-5-12-10(7-11)3-2-6-16-12/h2-7H,8,15H2,1H3. The topological polar surface area (TPSA) is 51.8 Å². The molecule has 90 valence electrons. The van der Waals surface area contributed by atoms with Crippen LogP contribution in [0.25, 0.3) is 21.5 Å². The summed E-state index contributed by atoms with van der Waals surface area (Å²) in [5, 5.41) is 2.16. The van der Waals surface area contributed by atoms with E-state index >= 15 is 0 Å². The Morgan fingerprint density at radius 1 is 1.28 bits per heavy atom. The lowest BCUT2D eigenvalue weighted by molar-refractivity contribution is 1.06. The van der Waals surface area contributed by atoms with Crippen LogP contribution in [0.5, 0.6) is 0 Å². The molecule has 0 aliphatic carbocycles. The van der Waals surface area contributed by atoms with E-state index in [2.05, 4.69) is 28.2 Å². The first-order chi connectivity index (χ1) is 8.78. The molecule has 0 spiro atoms. The van der Waals surface area contributed by atoms with Crippen LogP contribution in [-0.2, 0) is 6.54 Å². The van der Waals surface area contributed by atoms with Crippen molar-refractivity contribution in [2.45, 2.75) is 13.5 Å². The van der Waals surface area contributed by atoms with Gasteiger partial charge in [-0.05, 0) is 31.2 Å². The molecule has 0 unspecified atom stereocenters. The summed E-state index contributed by atoms with van der Waals surface area (Å²) in [5.41, 5.74) is 8.86. The monoisotopic (exact) mass is 255 g/mol. The first-order valence-electron chi connectivity index (χ1n) is 5.79. The molecule has 1 aromatic carbocycles. The Morgan fingerprint density at radius 3 is 2.94 bits per heavy atom. The number of fused-ring (bicyclic) bond motifs is 1. The van der Waals surface area contributed by atoms with E-state index in [0.717, 1.165) is 32.0 Å². The van der Waals surface area contributed by atoms with Crippen LogP contribution in [0, 0.1) is 6.92 Å². The Balaban J connectivity index is 2.13. The van der Waals surface area contributed by atoms with E-state index in [4.69, 9.17) is 5.73 Å². The van der Waals surface area contributed by atoms with Crippen molar-refractivity contribution in [2.24, 2.45) is 5.73 Å². The molecule has 0 saturated heterocycles. The number of thiazole rings is 1. The van der Waals surface area contributed by atoms with Crippen LogP contribution in [0.4, 0.5) is 0 Å². The van der Waals surface area contributed by atoms with Gasteiger partial charge in [-0.1, -0.05) is 6.07 Å². The summed E-state index contributed by atoms with van der Waals surface area (Å²) in [7, 11) is 0. The van der Waals surface area contributed by atoms with Crippen LogP contribution in [0.2, 0.25) is 0 Å². The highest BCUT2D eigenvalue weighted by Crippen LogP contribution is 2.29. The SMILES string of the molecule is Cc1nc(-c2ccc3ncccc3c2)sc1CN. The Morgan fingerprint density at radius 2 is 2.17 bits per heavy atom. The zero-order valence-electron chi connectivity index (χ0n) is 10.1. The van der Waals surface area contributed by atoms with Crippen molar-refractivity contribution in [1.82, 2.24) is 9.97 Å². The van der Waals surface area contributed by atoms with Crippen LogP contribution in [0.1, 0.15) is 10.6 Å². The normalized spacial score (nSPS) is 11.0. The maximum absolute atomic E-state index is 5.69. The van der Waals surface area contributed by atoms with Gasteiger partial charge in [-0.2, -0.15) is 0 Å². The van der Waals surface area contributed by atoms with Crippen molar-refractivity contribution in [2.75, 3.05) is 0 Å². The van der Waals surface area contributed by atoms with Crippen LogP contribution < -0.4 is 5.73 Å². The summed E-state index contributed by atoms with van der Waals surface area (Å²) >= 11 is 1.66. The van der Waals surface area contributed by atoms with Gasteiger partial charge in [0.05, 0.1) is 11.2 Å². The lowest BCUT2D eigenvalue weighted by atomic mass is 10.1. The maximum atomic E-state index is 5.69. The Labute approximate surface area is 109 Å². The quantitative estimate of drug-likeness (QED) is 0.765. The second-order valence-corrected chi connectivity index (χ2v) is 5.23. The molecule has 0 saturated carbocycles. The van der Waals surface area contributed by atoms with Crippen LogP contribution in [0.3, 0.4) is 0 Å². The van der Waals surface area contributed by atoms with E-state index in [-0.39, 0.29) is 0 Å². The number of aromatic nitrogens is 2. The van der Waals surface area contributed by atoms with E-state index < -0.39 is 0 Å². The van der Waals surface area contributed by atoms with Crippen LogP contribution >= 0.6 is 11.3 Å². The summed E-state index contributed by atoms with van der Waals surface area (Å²) in [5.74, 6) is 0. The first-order valence-corrected chi connectivity index (χ1v) is 6.61. The molecule has 0 atom stereocenters. The van der Waals surface area contributed by atoms with Crippen molar-refractivity contribution >= 4 is 22.2 Å². The molecule has 2 N–H and O–H groups in total. The van der Waals surface area contributed by atoms with Crippen molar-refractivity contribution in [1.29, 1.82) is 0 Å². The minimum absolute atomic E-state index is 0.554. The number of pyridine rings is 1.